The maximum atomic E-state index is 11.3. The van der Waals surface area contributed by atoms with Gasteiger partial charge in [0.15, 0.2) is 0 Å². The van der Waals surface area contributed by atoms with E-state index in [1.54, 1.807) is 12.1 Å². The molecule has 6 nitrogen and oxygen atoms in total. The Morgan fingerprint density at radius 1 is 1.30 bits per heavy atom. The van der Waals surface area contributed by atoms with Gasteiger partial charge in [0.25, 0.3) is 5.91 Å². The molecule has 0 radical (unpaired) electrons. The van der Waals surface area contributed by atoms with Gasteiger partial charge in [-0.3, -0.25) is 4.79 Å². The topological polar surface area (TPSA) is 103 Å². The van der Waals surface area contributed by atoms with E-state index in [-0.39, 0.29) is 27.8 Å². The number of para-hydroxylation sites is 1. The van der Waals surface area contributed by atoms with Gasteiger partial charge in [0.2, 0.25) is 5.88 Å². The van der Waals surface area contributed by atoms with Crippen molar-refractivity contribution in [2.24, 2.45) is 5.73 Å². The lowest BCUT2D eigenvalue weighted by molar-refractivity contribution is 0.0696. The number of hydrogen-bond donors (Lipinski definition) is 2. The molecule has 1 amide bonds. The Kier molecular flexibility index (Phi) is 3.86. The van der Waals surface area contributed by atoms with Crippen molar-refractivity contribution in [3.63, 3.8) is 0 Å². The van der Waals surface area contributed by atoms with Gasteiger partial charge in [0.05, 0.1) is 11.1 Å². The SMILES string of the molecule is NC(=O)c1ccccc1Oc1ncc(C(=O)O)cc1Cl. The summed E-state index contributed by atoms with van der Waals surface area (Å²) in [5.41, 5.74) is 5.33. The van der Waals surface area contributed by atoms with E-state index in [1.807, 2.05) is 0 Å². The Morgan fingerprint density at radius 2 is 2.00 bits per heavy atom. The minimum Gasteiger partial charge on any atom is -0.478 e. The Bertz CT molecular complexity index is 688. The maximum absolute atomic E-state index is 11.3. The van der Waals surface area contributed by atoms with Gasteiger partial charge in [0.1, 0.15) is 10.8 Å². The highest BCUT2D eigenvalue weighted by Crippen LogP contribution is 2.29. The number of amides is 1. The molecule has 0 aliphatic rings. The fourth-order valence-electron chi connectivity index (χ4n) is 1.48. The lowest BCUT2D eigenvalue weighted by Gasteiger charge is -2.09. The number of ether oxygens (including phenoxy) is 1. The smallest absolute Gasteiger partial charge is 0.337 e. The van der Waals surface area contributed by atoms with Crippen LogP contribution in [-0.2, 0) is 0 Å². The van der Waals surface area contributed by atoms with E-state index in [0.717, 1.165) is 6.20 Å². The van der Waals surface area contributed by atoms with Crippen LogP contribution in [0.25, 0.3) is 0 Å². The Morgan fingerprint density at radius 3 is 2.60 bits per heavy atom. The van der Waals surface area contributed by atoms with Gasteiger partial charge in [-0.25, -0.2) is 9.78 Å². The highest BCUT2D eigenvalue weighted by molar-refractivity contribution is 6.32. The first kappa shape index (κ1) is 13.8. The lowest BCUT2D eigenvalue weighted by atomic mass is 10.2. The van der Waals surface area contributed by atoms with Crippen molar-refractivity contribution in [2.75, 3.05) is 0 Å². The molecule has 0 fully saturated rings. The third-order valence-electron chi connectivity index (χ3n) is 2.41. The molecule has 0 saturated carbocycles. The van der Waals surface area contributed by atoms with Gasteiger partial charge < -0.3 is 15.6 Å². The lowest BCUT2D eigenvalue weighted by Crippen LogP contribution is -2.12. The monoisotopic (exact) mass is 292 g/mol. The van der Waals surface area contributed by atoms with Crippen molar-refractivity contribution in [3.8, 4) is 11.6 Å². The largest absolute Gasteiger partial charge is 0.478 e. The van der Waals surface area contributed by atoms with Crippen LogP contribution in [0.5, 0.6) is 11.6 Å². The Hall–Kier alpha value is -2.60. The number of benzene rings is 1. The molecule has 3 N–H and O–H groups in total. The van der Waals surface area contributed by atoms with Crippen molar-refractivity contribution in [3.05, 3.63) is 52.7 Å². The molecule has 0 saturated heterocycles. The van der Waals surface area contributed by atoms with Gasteiger partial charge in [-0.1, -0.05) is 23.7 Å². The molecule has 0 bridgehead atoms. The standard InChI is InChI=1S/C13H9ClN2O4/c14-9-5-7(13(18)19)6-16-12(9)20-10-4-2-1-3-8(10)11(15)17/h1-6H,(H2,15,17)(H,18,19). The normalized spacial score (nSPS) is 10.1. The van der Waals surface area contributed by atoms with Crippen LogP contribution in [0.1, 0.15) is 20.7 Å². The number of rotatable bonds is 4. The summed E-state index contributed by atoms with van der Waals surface area (Å²) in [5.74, 6) is -1.62. The summed E-state index contributed by atoms with van der Waals surface area (Å²) in [7, 11) is 0. The summed E-state index contributed by atoms with van der Waals surface area (Å²) in [6.45, 7) is 0. The number of carboxylic acids is 1. The molecule has 7 heteroatoms. The number of nitrogens with zero attached hydrogens (tertiary/aromatic N) is 1. The van der Waals surface area contributed by atoms with E-state index in [0.29, 0.717) is 0 Å². The van der Waals surface area contributed by atoms with Crippen LogP contribution < -0.4 is 10.5 Å². The molecule has 0 spiro atoms. The predicted octanol–water partition coefficient (Wildman–Crippen LogP) is 2.32. The average molecular weight is 293 g/mol. The van der Waals surface area contributed by atoms with Crippen LogP contribution in [0.3, 0.4) is 0 Å². The molecule has 0 atom stereocenters. The second-order valence-corrected chi connectivity index (χ2v) is 4.19. The zero-order chi connectivity index (χ0) is 14.7. The number of pyridine rings is 1. The van der Waals surface area contributed by atoms with Crippen molar-refractivity contribution in [1.29, 1.82) is 0 Å². The maximum Gasteiger partial charge on any atom is 0.337 e. The quantitative estimate of drug-likeness (QED) is 0.900. The van der Waals surface area contributed by atoms with Crippen molar-refractivity contribution < 1.29 is 19.4 Å². The predicted molar refractivity (Wildman–Crippen MR) is 71.2 cm³/mol. The second-order valence-electron chi connectivity index (χ2n) is 3.78. The fourth-order valence-corrected chi connectivity index (χ4v) is 1.69. The second kappa shape index (κ2) is 5.58. The van der Waals surface area contributed by atoms with E-state index < -0.39 is 11.9 Å². The van der Waals surface area contributed by atoms with Crippen molar-refractivity contribution in [1.82, 2.24) is 4.98 Å². The van der Waals surface area contributed by atoms with Crippen LogP contribution in [0, 0.1) is 0 Å². The van der Waals surface area contributed by atoms with Crippen LogP contribution in [0.2, 0.25) is 5.02 Å². The summed E-state index contributed by atoms with van der Waals surface area (Å²) < 4.78 is 5.40. The van der Waals surface area contributed by atoms with Crippen LogP contribution in [0.4, 0.5) is 0 Å². The number of aromatic nitrogens is 1. The first-order chi connectivity index (χ1) is 9.49. The van der Waals surface area contributed by atoms with Crippen LogP contribution >= 0.6 is 11.6 Å². The molecule has 0 aliphatic heterocycles. The van der Waals surface area contributed by atoms with E-state index in [2.05, 4.69) is 4.98 Å². The van der Waals surface area contributed by atoms with E-state index >= 15 is 0 Å². The third-order valence-corrected chi connectivity index (χ3v) is 2.68. The number of carboxylic acid groups (broad SMARTS) is 1. The zero-order valence-electron chi connectivity index (χ0n) is 10.0. The van der Waals surface area contributed by atoms with Gasteiger partial charge in [-0.15, -0.1) is 0 Å². The number of carbonyl (C=O) groups excluding carboxylic acids is 1. The third kappa shape index (κ3) is 2.86. The first-order valence-corrected chi connectivity index (χ1v) is 5.82. The fraction of sp³-hybridized carbons (Fsp3) is 0. The summed E-state index contributed by atoms with van der Waals surface area (Å²) in [6, 6.07) is 7.52. The summed E-state index contributed by atoms with van der Waals surface area (Å²) in [5, 5.41) is 8.82. The highest BCUT2D eigenvalue weighted by Gasteiger charge is 2.14. The molecule has 2 rings (SSSR count). The number of aromatic carboxylic acids is 1. The molecular formula is C13H9ClN2O4. The molecule has 1 aromatic heterocycles. The molecule has 0 unspecified atom stereocenters. The van der Waals surface area contributed by atoms with Gasteiger partial charge >= 0.3 is 5.97 Å². The highest BCUT2D eigenvalue weighted by atomic mass is 35.5. The van der Waals surface area contributed by atoms with Gasteiger partial charge in [-0.05, 0) is 18.2 Å². The van der Waals surface area contributed by atoms with Crippen molar-refractivity contribution in [2.45, 2.75) is 0 Å². The molecule has 1 aromatic carbocycles. The first-order valence-electron chi connectivity index (χ1n) is 5.44. The molecule has 102 valence electrons. The van der Waals surface area contributed by atoms with Crippen molar-refractivity contribution >= 4 is 23.5 Å². The number of primary amides is 1. The minimum absolute atomic E-state index is 0.00892. The average Bonchev–Trinajstić information content (AvgIpc) is 2.41. The van der Waals surface area contributed by atoms with E-state index in [9.17, 15) is 9.59 Å². The molecule has 20 heavy (non-hydrogen) atoms. The van der Waals surface area contributed by atoms with Crippen LogP contribution in [-0.4, -0.2) is 22.0 Å². The molecule has 2 aromatic rings. The number of hydrogen-bond acceptors (Lipinski definition) is 4. The summed E-state index contributed by atoms with van der Waals surface area (Å²) in [6.07, 6.45) is 1.11. The summed E-state index contributed by atoms with van der Waals surface area (Å²) in [4.78, 5) is 25.8. The van der Waals surface area contributed by atoms with E-state index in [1.165, 1.54) is 18.2 Å². The number of carbonyl (C=O) groups is 2. The Labute approximate surface area is 118 Å². The molecule has 1 heterocycles. The zero-order valence-corrected chi connectivity index (χ0v) is 10.8. The molecule has 0 aliphatic carbocycles. The summed E-state index contributed by atoms with van der Waals surface area (Å²) >= 11 is 5.89. The van der Waals surface area contributed by atoms with E-state index in [4.69, 9.17) is 27.2 Å². The van der Waals surface area contributed by atoms with Gasteiger partial charge in [0, 0.05) is 6.20 Å². The minimum atomic E-state index is -1.15. The van der Waals surface area contributed by atoms with Gasteiger partial charge in [-0.2, -0.15) is 0 Å². The number of halogens is 1. The molecular weight excluding hydrogens is 284 g/mol. The number of nitrogens with two attached hydrogens (primary N) is 1. The Balaban J connectivity index is 2.36. The van der Waals surface area contributed by atoms with Crippen LogP contribution in [0.15, 0.2) is 36.5 Å².